The first-order chi connectivity index (χ1) is 17.9. The molecule has 1 saturated heterocycles. The van der Waals surface area contributed by atoms with Crippen LogP contribution in [0.1, 0.15) is 5.69 Å². The van der Waals surface area contributed by atoms with Crippen LogP contribution >= 0.6 is 34.4 Å². The van der Waals surface area contributed by atoms with Gasteiger partial charge in [0.25, 0.3) is 11.8 Å². The Morgan fingerprint density at radius 2 is 2.27 bits per heavy atom. The molecule has 4 N–H and O–H groups in total. The number of pyridine rings is 1. The summed E-state index contributed by atoms with van der Waals surface area (Å²) in [6, 6.07) is 0.981. The SMILES string of the molecule is C=CCON=C(C(=O)NC1C(=O)N2C(C(=O)O)=C(C[n+]3ccc4scnc4c3)CS[C@@H]12)c1csc(N)n1. The fourth-order valence-electron chi connectivity index (χ4n) is 3.94. The highest BCUT2D eigenvalue weighted by Crippen LogP contribution is 2.40. The third kappa shape index (κ3) is 4.80. The Balaban J connectivity index is 1.35. The first-order valence-corrected chi connectivity index (χ1v) is 13.6. The zero-order valence-electron chi connectivity index (χ0n) is 19.1. The van der Waals surface area contributed by atoms with E-state index in [1.54, 1.807) is 10.9 Å². The maximum atomic E-state index is 13.1. The van der Waals surface area contributed by atoms with Crippen molar-refractivity contribution >= 4 is 73.3 Å². The van der Waals surface area contributed by atoms with Gasteiger partial charge in [0.05, 0.1) is 10.2 Å². The van der Waals surface area contributed by atoms with Crippen LogP contribution < -0.4 is 15.6 Å². The fraction of sp³-hybridized carbons (Fsp3) is 0.227. The van der Waals surface area contributed by atoms with Gasteiger partial charge in [-0.3, -0.25) is 14.5 Å². The molecule has 0 aliphatic carbocycles. The van der Waals surface area contributed by atoms with E-state index in [1.807, 2.05) is 23.0 Å². The summed E-state index contributed by atoms with van der Waals surface area (Å²) in [4.78, 5) is 53.0. The van der Waals surface area contributed by atoms with Gasteiger partial charge in [0, 0.05) is 22.8 Å². The summed E-state index contributed by atoms with van der Waals surface area (Å²) >= 11 is 4.02. The molecule has 190 valence electrons. The van der Waals surface area contributed by atoms with Crippen LogP contribution in [0.5, 0.6) is 0 Å². The third-order valence-corrected chi connectivity index (χ3v) is 8.39. The number of β-lactam (4-membered cyclic amide) rings is 1. The van der Waals surface area contributed by atoms with Crippen molar-refractivity contribution in [3.05, 3.63) is 59.0 Å². The van der Waals surface area contributed by atoms with E-state index in [4.69, 9.17) is 10.6 Å². The zero-order valence-corrected chi connectivity index (χ0v) is 21.5. The minimum atomic E-state index is -1.20. The number of carboxylic acid groups (broad SMARTS) is 1. The van der Waals surface area contributed by atoms with Crippen LogP contribution in [0.3, 0.4) is 0 Å². The van der Waals surface area contributed by atoms with E-state index in [-0.39, 0.29) is 28.8 Å². The van der Waals surface area contributed by atoms with Crippen molar-refractivity contribution in [2.24, 2.45) is 5.16 Å². The molecule has 2 aliphatic rings. The van der Waals surface area contributed by atoms with Crippen molar-refractivity contribution in [3.8, 4) is 0 Å². The molecule has 3 aromatic rings. The number of rotatable bonds is 9. The first-order valence-electron chi connectivity index (χ1n) is 10.8. The number of nitrogen functional groups attached to an aromatic ring is 1. The van der Waals surface area contributed by atoms with Gasteiger partial charge in [-0.2, -0.15) is 4.57 Å². The number of oxime groups is 1. The van der Waals surface area contributed by atoms with E-state index in [2.05, 4.69) is 27.0 Å². The van der Waals surface area contributed by atoms with Crippen molar-refractivity contribution in [1.82, 2.24) is 20.2 Å². The molecule has 0 bridgehead atoms. The minimum Gasteiger partial charge on any atom is -0.477 e. The Kier molecular flexibility index (Phi) is 6.90. The molecule has 2 aliphatic heterocycles. The van der Waals surface area contributed by atoms with E-state index in [0.29, 0.717) is 17.9 Å². The number of nitrogens with zero attached hydrogens (tertiary/aromatic N) is 5. The summed E-state index contributed by atoms with van der Waals surface area (Å²) in [5.74, 6) is -2.04. The standard InChI is InChI=1S/C22H19N7O5S3/c1-2-5-34-27-15(13-9-36-22(23)25-13)18(30)26-16-19(31)29-17(21(32)33)11(8-35-20(16)29)6-28-4-3-14-12(7-28)24-10-37-14/h2-4,7,9-10,16,20H,1,5-6,8H2,(H3-,23,25,26,30,32,33)/p+1/t16?,20-/m0/s1. The van der Waals surface area contributed by atoms with Crippen molar-refractivity contribution in [2.45, 2.75) is 18.0 Å². The quantitative estimate of drug-likeness (QED) is 0.0867. The number of nitrogens with one attached hydrogen (secondary N) is 1. The van der Waals surface area contributed by atoms with Crippen LogP contribution in [0.2, 0.25) is 0 Å². The monoisotopic (exact) mass is 558 g/mol. The topological polar surface area (TPSA) is 164 Å². The predicted octanol–water partition coefficient (Wildman–Crippen LogP) is 0.968. The van der Waals surface area contributed by atoms with Crippen LogP contribution in [-0.2, 0) is 25.8 Å². The van der Waals surface area contributed by atoms with E-state index in [1.165, 1.54) is 34.1 Å². The molecule has 12 nitrogen and oxygen atoms in total. The van der Waals surface area contributed by atoms with Crippen LogP contribution in [0.15, 0.2) is 58.4 Å². The van der Waals surface area contributed by atoms with Gasteiger partial charge in [-0.1, -0.05) is 17.8 Å². The molecule has 5 heterocycles. The zero-order chi connectivity index (χ0) is 26.1. The molecule has 37 heavy (non-hydrogen) atoms. The number of thioether (sulfide) groups is 1. The van der Waals surface area contributed by atoms with E-state index < -0.39 is 29.2 Å². The van der Waals surface area contributed by atoms with Crippen LogP contribution in [0.4, 0.5) is 5.13 Å². The van der Waals surface area contributed by atoms with E-state index >= 15 is 0 Å². The Labute approximate surface area is 222 Å². The smallest absolute Gasteiger partial charge is 0.352 e. The number of anilines is 1. The van der Waals surface area contributed by atoms with Gasteiger partial charge < -0.3 is 21.0 Å². The maximum Gasteiger partial charge on any atom is 0.352 e. The minimum absolute atomic E-state index is 0.0635. The average molecular weight is 559 g/mol. The van der Waals surface area contributed by atoms with Crippen molar-refractivity contribution in [3.63, 3.8) is 0 Å². The van der Waals surface area contributed by atoms with Crippen molar-refractivity contribution in [2.75, 3.05) is 18.1 Å². The highest BCUT2D eigenvalue weighted by atomic mass is 32.2. The molecule has 15 heteroatoms. The average Bonchev–Trinajstić information content (AvgIpc) is 3.53. The number of carbonyl (C=O) groups is 3. The molecule has 2 amide bonds. The van der Waals surface area contributed by atoms with Gasteiger partial charge in [-0.15, -0.1) is 34.4 Å². The van der Waals surface area contributed by atoms with Gasteiger partial charge in [-0.05, 0) is 0 Å². The lowest BCUT2D eigenvalue weighted by Crippen LogP contribution is -2.71. The second-order valence-corrected chi connectivity index (χ2v) is 10.8. The van der Waals surface area contributed by atoms with Crippen molar-refractivity contribution in [1.29, 1.82) is 0 Å². The molecule has 0 saturated carbocycles. The molecule has 2 atom stereocenters. The Morgan fingerprint density at radius 1 is 1.43 bits per heavy atom. The number of carboxylic acids is 1. The summed E-state index contributed by atoms with van der Waals surface area (Å²) < 4.78 is 2.87. The number of hydrogen-bond donors (Lipinski definition) is 3. The van der Waals surface area contributed by atoms with Crippen LogP contribution in [0.25, 0.3) is 10.2 Å². The summed E-state index contributed by atoms with van der Waals surface area (Å²) in [5.41, 5.74) is 8.82. The predicted molar refractivity (Wildman–Crippen MR) is 139 cm³/mol. The maximum absolute atomic E-state index is 13.1. The Morgan fingerprint density at radius 3 is 3.00 bits per heavy atom. The Hall–Kier alpha value is -3.82. The highest BCUT2D eigenvalue weighted by Gasteiger charge is 2.54. The van der Waals surface area contributed by atoms with Gasteiger partial charge >= 0.3 is 5.97 Å². The number of thiazole rings is 2. The number of nitrogens with two attached hydrogens (primary N) is 1. The molecular formula is C22H20N7O5S3+. The lowest BCUT2D eigenvalue weighted by atomic mass is 10.0. The third-order valence-electron chi connectivity index (χ3n) is 5.57. The first kappa shape index (κ1) is 24.9. The summed E-state index contributed by atoms with van der Waals surface area (Å²) in [5, 5.41) is 17.7. The number of carbonyl (C=O) groups excluding carboxylic acids is 2. The lowest BCUT2D eigenvalue weighted by molar-refractivity contribution is -0.687. The fourth-order valence-corrected chi connectivity index (χ4v) is 6.47. The van der Waals surface area contributed by atoms with Crippen LogP contribution in [0, 0.1) is 0 Å². The normalized spacial score (nSPS) is 19.4. The molecule has 0 spiro atoms. The Bertz CT molecular complexity index is 1480. The van der Waals surface area contributed by atoms with Gasteiger partial charge in [-0.25, -0.2) is 14.8 Å². The molecular weight excluding hydrogens is 538 g/mol. The second-order valence-electron chi connectivity index (χ2n) is 7.93. The summed E-state index contributed by atoms with van der Waals surface area (Å²) in [6.45, 7) is 3.89. The van der Waals surface area contributed by atoms with Gasteiger partial charge in [0.15, 0.2) is 29.8 Å². The highest BCUT2D eigenvalue weighted by molar-refractivity contribution is 8.00. The molecule has 0 radical (unpaired) electrons. The second kappa shape index (κ2) is 10.3. The number of aliphatic carboxylic acids is 1. The van der Waals surface area contributed by atoms with Crippen molar-refractivity contribution < 1.29 is 28.9 Å². The van der Waals surface area contributed by atoms with Gasteiger partial charge in [0.1, 0.15) is 34.9 Å². The molecule has 3 aromatic heterocycles. The van der Waals surface area contributed by atoms with E-state index in [9.17, 15) is 19.5 Å². The number of amides is 2. The van der Waals surface area contributed by atoms with Gasteiger partial charge in [0.2, 0.25) is 0 Å². The largest absolute Gasteiger partial charge is 0.477 e. The molecule has 0 aromatic carbocycles. The summed E-state index contributed by atoms with van der Waals surface area (Å²) in [6.07, 6.45) is 5.16. The number of aromatic nitrogens is 3. The number of hydrogen-bond acceptors (Lipinski definition) is 11. The molecule has 5 rings (SSSR count). The van der Waals surface area contributed by atoms with E-state index in [0.717, 1.165) is 21.6 Å². The van der Waals surface area contributed by atoms with Crippen LogP contribution in [-0.4, -0.2) is 67.2 Å². The number of fused-ring (bicyclic) bond motifs is 2. The molecule has 1 unspecified atom stereocenters. The lowest BCUT2D eigenvalue weighted by Gasteiger charge is -2.49. The summed E-state index contributed by atoms with van der Waals surface area (Å²) in [7, 11) is 0. The molecule has 1 fully saturated rings.